The van der Waals surface area contributed by atoms with Gasteiger partial charge in [-0.3, -0.25) is 4.79 Å². The Kier molecular flexibility index (Phi) is 4.53. The van der Waals surface area contributed by atoms with Gasteiger partial charge in [-0.2, -0.15) is 0 Å². The van der Waals surface area contributed by atoms with Gasteiger partial charge in [0.25, 0.3) is 0 Å². The molecular formula is C18H18O3. The van der Waals surface area contributed by atoms with Crippen LogP contribution in [0.1, 0.15) is 30.1 Å². The first-order chi connectivity index (χ1) is 10.0. The molecule has 0 radical (unpaired) electrons. The molecule has 1 aliphatic carbocycles. The summed E-state index contributed by atoms with van der Waals surface area (Å²) in [6, 6.07) is 9.13. The van der Waals surface area contributed by atoms with Crippen molar-refractivity contribution in [3.8, 4) is 0 Å². The van der Waals surface area contributed by atoms with E-state index in [1.807, 2.05) is 31.2 Å². The molecule has 21 heavy (non-hydrogen) atoms. The van der Waals surface area contributed by atoms with Crippen LogP contribution in [-0.2, 0) is 9.53 Å². The monoisotopic (exact) mass is 282 g/mol. The van der Waals surface area contributed by atoms with Crippen LogP contribution < -0.4 is 0 Å². The molecule has 1 aliphatic rings. The highest BCUT2D eigenvalue weighted by Crippen LogP contribution is 2.26. The van der Waals surface area contributed by atoms with Crippen molar-refractivity contribution in [1.82, 2.24) is 0 Å². The number of carbonyl (C=O) groups excluding carboxylic acids is 2. The van der Waals surface area contributed by atoms with E-state index in [1.165, 1.54) is 0 Å². The minimum Gasteiger partial charge on any atom is -0.452 e. The molecule has 0 fully saturated rings. The number of benzene rings is 1. The summed E-state index contributed by atoms with van der Waals surface area (Å²) in [6.45, 7) is 5.23. The highest BCUT2D eigenvalue weighted by molar-refractivity contribution is 6.10. The van der Waals surface area contributed by atoms with E-state index in [0.29, 0.717) is 24.0 Å². The van der Waals surface area contributed by atoms with Gasteiger partial charge in [0.15, 0.2) is 5.78 Å². The van der Waals surface area contributed by atoms with Crippen molar-refractivity contribution in [3.05, 3.63) is 72.4 Å². The van der Waals surface area contributed by atoms with E-state index in [1.54, 1.807) is 24.3 Å². The molecule has 1 unspecified atom stereocenters. The molecule has 0 bridgehead atoms. The largest absolute Gasteiger partial charge is 0.452 e. The molecule has 3 heteroatoms. The van der Waals surface area contributed by atoms with Crippen molar-refractivity contribution >= 4 is 11.8 Å². The van der Waals surface area contributed by atoms with E-state index >= 15 is 0 Å². The minimum absolute atomic E-state index is 0.0221. The van der Waals surface area contributed by atoms with E-state index in [4.69, 9.17) is 4.74 Å². The van der Waals surface area contributed by atoms with E-state index in [-0.39, 0.29) is 5.78 Å². The lowest BCUT2D eigenvalue weighted by molar-refractivity contribution is -0.147. The smallest absolute Gasteiger partial charge is 0.331 e. The zero-order valence-corrected chi connectivity index (χ0v) is 12.0. The summed E-state index contributed by atoms with van der Waals surface area (Å²) in [5.74, 6) is -0.480. The van der Waals surface area contributed by atoms with Gasteiger partial charge in [0, 0.05) is 17.2 Å². The number of ether oxygens (including phenoxy) is 1. The predicted molar refractivity (Wildman–Crippen MR) is 81.9 cm³/mol. The zero-order chi connectivity index (χ0) is 15.3. The Balaban J connectivity index is 2.17. The Morgan fingerprint density at radius 2 is 2.00 bits per heavy atom. The quantitative estimate of drug-likeness (QED) is 0.481. The van der Waals surface area contributed by atoms with Crippen LogP contribution in [0.25, 0.3) is 0 Å². The van der Waals surface area contributed by atoms with Gasteiger partial charge in [-0.25, -0.2) is 4.79 Å². The number of esters is 1. The maximum Gasteiger partial charge on any atom is 0.331 e. The third kappa shape index (κ3) is 3.78. The number of rotatable bonds is 4. The molecule has 0 spiro atoms. The molecule has 0 N–H and O–H groups in total. The van der Waals surface area contributed by atoms with Gasteiger partial charge in [0.1, 0.15) is 5.60 Å². The second-order valence-electron chi connectivity index (χ2n) is 5.16. The predicted octanol–water partition coefficient (Wildman–Crippen LogP) is 3.63. The Labute approximate surface area is 124 Å². The molecule has 0 aromatic heterocycles. The van der Waals surface area contributed by atoms with Gasteiger partial charge >= 0.3 is 5.97 Å². The summed E-state index contributed by atoms with van der Waals surface area (Å²) < 4.78 is 5.35. The zero-order valence-electron chi connectivity index (χ0n) is 12.0. The third-order valence-corrected chi connectivity index (χ3v) is 3.42. The second kappa shape index (κ2) is 6.35. The van der Waals surface area contributed by atoms with Crippen LogP contribution in [-0.4, -0.2) is 17.4 Å². The normalized spacial score (nSPS) is 21.1. The lowest BCUT2D eigenvalue weighted by Crippen LogP contribution is -2.28. The van der Waals surface area contributed by atoms with E-state index in [0.717, 1.165) is 6.08 Å². The Morgan fingerprint density at radius 1 is 1.29 bits per heavy atom. The van der Waals surface area contributed by atoms with Crippen molar-refractivity contribution in [3.63, 3.8) is 0 Å². The van der Waals surface area contributed by atoms with Crippen molar-refractivity contribution in [2.75, 3.05) is 0 Å². The fourth-order valence-corrected chi connectivity index (χ4v) is 2.21. The van der Waals surface area contributed by atoms with E-state index < -0.39 is 11.6 Å². The average molecular weight is 282 g/mol. The van der Waals surface area contributed by atoms with Crippen molar-refractivity contribution < 1.29 is 14.3 Å². The van der Waals surface area contributed by atoms with Gasteiger partial charge < -0.3 is 4.74 Å². The van der Waals surface area contributed by atoms with Crippen LogP contribution in [0.5, 0.6) is 0 Å². The number of hydrogen-bond donors (Lipinski definition) is 0. The van der Waals surface area contributed by atoms with Crippen LogP contribution in [0.2, 0.25) is 0 Å². The molecule has 0 saturated carbocycles. The van der Waals surface area contributed by atoms with Crippen LogP contribution in [0, 0.1) is 0 Å². The van der Waals surface area contributed by atoms with Gasteiger partial charge in [-0.1, -0.05) is 49.1 Å². The minimum atomic E-state index is -0.708. The number of ketones is 1. The topological polar surface area (TPSA) is 43.4 Å². The van der Waals surface area contributed by atoms with Crippen LogP contribution in [0.3, 0.4) is 0 Å². The second-order valence-corrected chi connectivity index (χ2v) is 5.16. The summed E-state index contributed by atoms with van der Waals surface area (Å²) in [6.07, 6.45) is 7.84. The molecule has 1 aromatic rings. The van der Waals surface area contributed by atoms with Crippen LogP contribution in [0.15, 0.2) is 66.8 Å². The maximum atomic E-state index is 12.4. The summed E-state index contributed by atoms with van der Waals surface area (Å²) in [4.78, 5) is 23.8. The third-order valence-electron chi connectivity index (χ3n) is 3.42. The van der Waals surface area contributed by atoms with Gasteiger partial charge in [0.05, 0.1) is 0 Å². The first kappa shape index (κ1) is 15.0. The summed E-state index contributed by atoms with van der Waals surface area (Å²) in [5, 5.41) is 0. The standard InChI is InChI=1S/C18H18O3/c1-3-16(19)21-18(2)12-7-10-15(11-13-18)17(20)14-8-5-4-6-9-14/h3-6,8-11,13H,1,7,12H2,2H3. The molecule has 108 valence electrons. The van der Waals surface area contributed by atoms with E-state index in [2.05, 4.69) is 6.58 Å². The molecule has 3 nitrogen and oxygen atoms in total. The van der Waals surface area contributed by atoms with Crippen molar-refractivity contribution in [2.24, 2.45) is 0 Å². The van der Waals surface area contributed by atoms with Crippen molar-refractivity contribution in [2.45, 2.75) is 25.4 Å². The average Bonchev–Trinajstić information content (AvgIpc) is 2.69. The molecule has 0 amide bonds. The number of allylic oxidation sites excluding steroid dienone is 3. The van der Waals surface area contributed by atoms with Gasteiger partial charge in [-0.05, 0) is 25.8 Å². The molecule has 0 aliphatic heterocycles. The van der Waals surface area contributed by atoms with Crippen LogP contribution >= 0.6 is 0 Å². The summed E-state index contributed by atoms with van der Waals surface area (Å²) in [5.41, 5.74) is 0.570. The Bertz CT molecular complexity index is 611. The first-order valence-electron chi connectivity index (χ1n) is 6.89. The number of Topliss-reactive ketones (excluding diaryl/α,β-unsaturated/α-hetero) is 1. The first-order valence-corrected chi connectivity index (χ1v) is 6.89. The highest BCUT2D eigenvalue weighted by atomic mass is 16.6. The molecule has 0 saturated heterocycles. The van der Waals surface area contributed by atoms with Gasteiger partial charge in [0.2, 0.25) is 0 Å². The SMILES string of the molecule is C=CC(=O)OC1(C)C=CC(C(=O)c2ccccc2)=CCC1. The fourth-order valence-electron chi connectivity index (χ4n) is 2.21. The molecular weight excluding hydrogens is 264 g/mol. The molecule has 1 atom stereocenters. The molecule has 0 heterocycles. The summed E-state index contributed by atoms with van der Waals surface area (Å²) >= 11 is 0. The number of carbonyl (C=O) groups is 2. The Hall–Kier alpha value is -2.42. The summed E-state index contributed by atoms with van der Waals surface area (Å²) in [7, 11) is 0. The lowest BCUT2D eigenvalue weighted by atomic mass is 10.0. The number of hydrogen-bond acceptors (Lipinski definition) is 3. The Morgan fingerprint density at radius 3 is 2.67 bits per heavy atom. The fraction of sp³-hybridized carbons (Fsp3) is 0.222. The maximum absolute atomic E-state index is 12.4. The highest BCUT2D eigenvalue weighted by Gasteiger charge is 2.26. The van der Waals surface area contributed by atoms with Crippen molar-refractivity contribution in [1.29, 1.82) is 0 Å². The lowest BCUT2D eigenvalue weighted by Gasteiger charge is -2.24. The van der Waals surface area contributed by atoms with Gasteiger partial charge in [-0.15, -0.1) is 0 Å². The van der Waals surface area contributed by atoms with E-state index in [9.17, 15) is 9.59 Å². The molecule has 2 rings (SSSR count). The van der Waals surface area contributed by atoms with Crippen LogP contribution in [0.4, 0.5) is 0 Å². The molecule has 1 aromatic carbocycles.